The monoisotopic (exact) mass is 281 g/mol. The Labute approximate surface area is 117 Å². The average molecular weight is 281 g/mol. The number of rotatable bonds is 6. The van der Waals surface area contributed by atoms with Gasteiger partial charge in [-0.15, -0.1) is 0 Å². The molecule has 1 heterocycles. The maximum atomic E-state index is 11.1. The highest BCUT2D eigenvalue weighted by Gasteiger charge is 2.15. The third kappa shape index (κ3) is 3.85. The van der Waals surface area contributed by atoms with Crippen LogP contribution in [0.2, 0.25) is 0 Å². The first kappa shape index (κ1) is 14.6. The number of nitrogens with one attached hydrogen (secondary N) is 1. The van der Waals surface area contributed by atoms with Crippen molar-refractivity contribution in [3.8, 4) is 11.5 Å². The summed E-state index contributed by atoms with van der Waals surface area (Å²) in [6, 6.07) is 5.31. The van der Waals surface area contributed by atoms with Crippen molar-refractivity contribution in [2.24, 2.45) is 0 Å². The third-order valence-corrected chi connectivity index (χ3v) is 2.86. The van der Waals surface area contributed by atoms with Crippen LogP contribution in [0.15, 0.2) is 18.2 Å². The first-order valence-corrected chi connectivity index (χ1v) is 6.64. The van der Waals surface area contributed by atoms with E-state index in [0.29, 0.717) is 36.9 Å². The highest BCUT2D eigenvalue weighted by molar-refractivity contribution is 5.71. The second kappa shape index (κ2) is 7.12. The molecule has 6 nitrogen and oxygen atoms in total. The standard InChI is InChI=1S/C14H19NO5/c1-2-18-14(17)9-15-8-11(16)10-3-4-12-13(7-10)20-6-5-19-12/h3-4,7,11,15-16H,2,5-6,8-9H2,1H3. The molecule has 110 valence electrons. The van der Waals surface area contributed by atoms with E-state index >= 15 is 0 Å². The van der Waals surface area contributed by atoms with Crippen molar-refractivity contribution in [3.63, 3.8) is 0 Å². The number of carbonyl (C=O) groups excluding carboxylic acids is 1. The van der Waals surface area contributed by atoms with E-state index in [1.807, 2.05) is 0 Å². The minimum absolute atomic E-state index is 0.0788. The summed E-state index contributed by atoms with van der Waals surface area (Å²) in [5.74, 6) is 0.992. The van der Waals surface area contributed by atoms with Gasteiger partial charge in [-0.25, -0.2) is 0 Å². The molecule has 1 unspecified atom stereocenters. The Morgan fingerprint density at radius 3 is 2.90 bits per heavy atom. The molecule has 6 heteroatoms. The van der Waals surface area contributed by atoms with Crippen LogP contribution >= 0.6 is 0 Å². The van der Waals surface area contributed by atoms with Crippen molar-refractivity contribution in [2.75, 3.05) is 32.9 Å². The van der Waals surface area contributed by atoms with Crippen molar-refractivity contribution in [1.29, 1.82) is 0 Å². The van der Waals surface area contributed by atoms with Crippen molar-refractivity contribution < 1.29 is 24.1 Å². The Balaban J connectivity index is 1.86. The van der Waals surface area contributed by atoms with Crippen LogP contribution in [0.5, 0.6) is 11.5 Å². The van der Waals surface area contributed by atoms with Crippen LogP contribution in [0.3, 0.4) is 0 Å². The van der Waals surface area contributed by atoms with E-state index in [9.17, 15) is 9.90 Å². The van der Waals surface area contributed by atoms with Gasteiger partial charge in [-0.3, -0.25) is 4.79 Å². The number of aliphatic hydroxyl groups excluding tert-OH is 1. The average Bonchev–Trinajstić information content (AvgIpc) is 2.47. The van der Waals surface area contributed by atoms with Crippen LogP contribution in [-0.4, -0.2) is 44.0 Å². The lowest BCUT2D eigenvalue weighted by molar-refractivity contribution is -0.142. The number of esters is 1. The van der Waals surface area contributed by atoms with E-state index in [0.717, 1.165) is 0 Å². The molecule has 0 aliphatic carbocycles. The molecule has 0 radical (unpaired) electrons. The highest BCUT2D eigenvalue weighted by Crippen LogP contribution is 2.32. The number of hydrogen-bond donors (Lipinski definition) is 2. The molecule has 1 aliphatic rings. The number of benzene rings is 1. The second-order valence-corrected chi connectivity index (χ2v) is 4.35. The van der Waals surface area contributed by atoms with Gasteiger partial charge in [0.1, 0.15) is 13.2 Å². The predicted molar refractivity (Wildman–Crippen MR) is 71.9 cm³/mol. The summed E-state index contributed by atoms with van der Waals surface area (Å²) in [5, 5.41) is 12.9. The molecule has 1 aromatic rings. The predicted octanol–water partition coefficient (Wildman–Crippen LogP) is 0.644. The quantitative estimate of drug-likeness (QED) is 0.745. The fourth-order valence-electron chi connectivity index (χ4n) is 1.91. The third-order valence-electron chi connectivity index (χ3n) is 2.86. The number of aliphatic hydroxyl groups is 1. The van der Waals surface area contributed by atoms with Crippen molar-refractivity contribution in [1.82, 2.24) is 5.32 Å². The SMILES string of the molecule is CCOC(=O)CNCC(O)c1ccc2c(c1)OCCO2. The summed E-state index contributed by atoms with van der Waals surface area (Å²) < 4.78 is 15.7. The number of carbonyl (C=O) groups is 1. The van der Waals surface area contributed by atoms with E-state index in [-0.39, 0.29) is 19.1 Å². The van der Waals surface area contributed by atoms with E-state index < -0.39 is 6.10 Å². The van der Waals surface area contributed by atoms with Gasteiger partial charge >= 0.3 is 5.97 Å². The Morgan fingerprint density at radius 2 is 2.15 bits per heavy atom. The lowest BCUT2D eigenvalue weighted by Crippen LogP contribution is -2.28. The topological polar surface area (TPSA) is 77.0 Å². The Bertz CT molecular complexity index is 463. The fraction of sp³-hybridized carbons (Fsp3) is 0.500. The molecule has 0 aromatic heterocycles. The largest absolute Gasteiger partial charge is 0.486 e. The smallest absolute Gasteiger partial charge is 0.319 e. The highest BCUT2D eigenvalue weighted by atomic mass is 16.6. The van der Waals surface area contributed by atoms with Gasteiger partial charge in [-0.2, -0.15) is 0 Å². The van der Waals surface area contributed by atoms with Gasteiger partial charge in [0.05, 0.1) is 19.3 Å². The van der Waals surface area contributed by atoms with E-state index in [4.69, 9.17) is 14.2 Å². The summed E-state index contributed by atoms with van der Waals surface area (Å²) in [5.41, 5.74) is 0.714. The van der Waals surface area contributed by atoms with Crippen LogP contribution in [0, 0.1) is 0 Å². The van der Waals surface area contributed by atoms with Gasteiger partial charge in [-0.1, -0.05) is 6.07 Å². The van der Waals surface area contributed by atoms with Crippen LogP contribution in [0.4, 0.5) is 0 Å². The van der Waals surface area contributed by atoms with Crippen molar-refractivity contribution in [2.45, 2.75) is 13.0 Å². The minimum atomic E-state index is -0.722. The molecule has 1 aromatic carbocycles. The van der Waals surface area contributed by atoms with Crippen molar-refractivity contribution >= 4 is 5.97 Å². The number of ether oxygens (including phenoxy) is 3. The molecule has 2 N–H and O–H groups in total. The van der Waals surface area contributed by atoms with Gasteiger partial charge in [0.25, 0.3) is 0 Å². The molecular formula is C14H19NO5. The molecule has 1 aliphatic heterocycles. The number of hydrogen-bond acceptors (Lipinski definition) is 6. The maximum Gasteiger partial charge on any atom is 0.319 e. The molecule has 1 atom stereocenters. The zero-order valence-electron chi connectivity index (χ0n) is 11.4. The Hall–Kier alpha value is -1.79. The van der Waals surface area contributed by atoms with Crippen LogP contribution in [0.1, 0.15) is 18.6 Å². The lowest BCUT2D eigenvalue weighted by Gasteiger charge is -2.20. The normalized spacial score (nSPS) is 14.7. The summed E-state index contributed by atoms with van der Waals surface area (Å²) in [4.78, 5) is 11.1. The summed E-state index contributed by atoms with van der Waals surface area (Å²) >= 11 is 0. The first-order valence-electron chi connectivity index (χ1n) is 6.64. The van der Waals surface area contributed by atoms with E-state index in [2.05, 4.69) is 5.32 Å². The molecule has 0 spiro atoms. The zero-order chi connectivity index (χ0) is 14.4. The zero-order valence-corrected chi connectivity index (χ0v) is 11.4. The van der Waals surface area contributed by atoms with E-state index in [1.165, 1.54) is 0 Å². The fourth-order valence-corrected chi connectivity index (χ4v) is 1.91. The van der Waals surface area contributed by atoms with Crippen LogP contribution in [-0.2, 0) is 9.53 Å². The van der Waals surface area contributed by atoms with E-state index in [1.54, 1.807) is 25.1 Å². The lowest BCUT2D eigenvalue weighted by atomic mass is 10.1. The van der Waals surface area contributed by atoms with Crippen LogP contribution in [0.25, 0.3) is 0 Å². The van der Waals surface area contributed by atoms with Gasteiger partial charge in [-0.05, 0) is 24.6 Å². The maximum absolute atomic E-state index is 11.1. The Kier molecular flexibility index (Phi) is 5.20. The molecule has 0 bridgehead atoms. The molecule has 0 amide bonds. The molecule has 20 heavy (non-hydrogen) atoms. The van der Waals surface area contributed by atoms with Gasteiger partial charge < -0.3 is 24.6 Å². The minimum Gasteiger partial charge on any atom is -0.486 e. The molecule has 0 fully saturated rings. The molecule has 2 rings (SSSR count). The van der Waals surface area contributed by atoms with Gasteiger partial charge in [0, 0.05) is 6.54 Å². The van der Waals surface area contributed by atoms with Crippen molar-refractivity contribution in [3.05, 3.63) is 23.8 Å². The van der Waals surface area contributed by atoms with Gasteiger partial charge in [0.15, 0.2) is 11.5 Å². The first-order chi connectivity index (χ1) is 9.70. The summed E-state index contributed by atoms with van der Waals surface area (Å²) in [7, 11) is 0. The Morgan fingerprint density at radius 1 is 1.40 bits per heavy atom. The van der Waals surface area contributed by atoms with Crippen LogP contribution < -0.4 is 14.8 Å². The number of fused-ring (bicyclic) bond motifs is 1. The van der Waals surface area contributed by atoms with Gasteiger partial charge in [0.2, 0.25) is 0 Å². The molecule has 0 saturated heterocycles. The summed E-state index contributed by atoms with van der Waals surface area (Å²) in [6.07, 6.45) is -0.722. The molecular weight excluding hydrogens is 262 g/mol. The second-order valence-electron chi connectivity index (χ2n) is 4.35. The summed E-state index contributed by atoms with van der Waals surface area (Å²) in [6.45, 7) is 3.49. The molecule has 0 saturated carbocycles.